The molecule has 0 bridgehead atoms. The van der Waals surface area contributed by atoms with Crippen LogP contribution < -0.4 is 15.8 Å². The van der Waals surface area contributed by atoms with E-state index in [9.17, 15) is 4.79 Å². The quantitative estimate of drug-likeness (QED) is 0.828. The molecule has 0 aromatic heterocycles. The molecule has 3 N–H and O–H groups in total. The second-order valence-corrected chi connectivity index (χ2v) is 4.32. The lowest BCUT2D eigenvalue weighted by Gasteiger charge is -2.13. The first-order chi connectivity index (χ1) is 9.06. The number of rotatable bonds is 3. The normalized spacial score (nSPS) is 10.0. The fourth-order valence-electron chi connectivity index (χ4n) is 1.70. The monoisotopic (exact) mass is 256 g/mol. The minimum atomic E-state index is -0.145. The lowest BCUT2D eigenvalue weighted by Crippen LogP contribution is -2.07. The van der Waals surface area contributed by atoms with Crippen LogP contribution in [-0.2, 0) is 4.79 Å². The van der Waals surface area contributed by atoms with E-state index in [-0.39, 0.29) is 5.91 Å². The van der Waals surface area contributed by atoms with Gasteiger partial charge in [-0.2, -0.15) is 0 Å². The molecule has 0 unspecified atom stereocenters. The molecule has 0 aliphatic heterocycles. The number of para-hydroxylation sites is 2. The van der Waals surface area contributed by atoms with Gasteiger partial charge in [0.25, 0.3) is 0 Å². The largest absolute Gasteiger partial charge is 0.453 e. The van der Waals surface area contributed by atoms with Crippen LogP contribution in [0.15, 0.2) is 42.5 Å². The van der Waals surface area contributed by atoms with Gasteiger partial charge < -0.3 is 15.8 Å². The van der Waals surface area contributed by atoms with Gasteiger partial charge >= 0.3 is 0 Å². The molecule has 0 aliphatic carbocycles. The third-order valence-electron chi connectivity index (χ3n) is 2.59. The molecule has 0 radical (unpaired) electrons. The zero-order valence-corrected chi connectivity index (χ0v) is 10.9. The van der Waals surface area contributed by atoms with Crippen LogP contribution in [0.3, 0.4) is 0 Å². The van der Waals surface area contributed by atoms with Crippen LogP contribution in [0.2, 0.25) is 0 Å². The molecule has 0 saturated heterocycles. The summed E-state index contributed by atoms with van der Waals surface area (Å²) in [6.07, 6.45) is 0. The molecular formula is C15H16N2O2. The fraction of sp³-hybridized carbons (Fsp3) is 0.133. The van der Waals surface area contributed by atoms with Gasteiger partial charge in [-0.15, -0.1) is 0 Å². The summed E-state index contributed by atoms with van der Waals surface area (Å²) in [5, 5.41) is 2.72. The molecule has 0 fully saturated rings. The Hall–Kier alpha value is -2.49. The third-order valence-corrected chi connectivity index (χ3v) is 2.59. The van der Waals surface area contributed by atoms with E-state index >= 15 is 0 Å². The summed E-state index contributed by atoms with van der Waals surface area (Å²) in [6.45, 7) is 3.42. The van der Waals surface area contributed by atoms with Crippen LogP contribution in [-0.4, -0.2) is 5.91 Å². The lowest BCUT2D eigenvalue weighted by atomic mass is 10.2. The van der Waals surface area contributed by atoms with Crippen molar-refractivity contribution < 1.29 is 9.53 Å². The topological polar surface area (TPSA) is 64.3 Å². The number of amides is 1. The predicted molar refractivity (Wildman–Crippen MR) is 76.4 cm³/mol. The van der Waals surface area contributed by atoms with Crippen molar-refractivity contribution in [3.8, 4) is 11.5 Å². The highest BCUT2D eigenvalue weighted by Crippen LogP contribution is 2.32. The molecule has 4 nitrogen and oxygen atoms in total. The first-order valence-electron chi connectivity index (χ1n) is 5.97. The second-order valence-electron chi connectivity index (χ2n) is 4.32. The molecule has 0 aliphatic rings. The van der Waals surface area contributed by atoms with Crippen molar-refractivity contribution in [2.75, 3.05) is 11.1 Å². The van der Waals surface area contributed by atoms with Gasteiger partial charge in [0, 0.05) is 6.92 Å². The maximum absolute atomic E-state index is 11.1. The number of aryl methyl sites for hydroxylation is 1. The van der Waals surface area contributed by atoms with Crippen LogP contribution >= 0.6 is 0 Å². The predicted octanol–water partition coefficient (Wildman–Crippen LogP) is 3.33. The minimum absolute atomic E-state index is 0.145. The number of hydrogen-bond donors (Lipinski definition) is 2. The van der Waals surface area contributed by atoms with Crippen molar-refractivity contribution in [3.63, 3.8) is 0 Å². The maximum Gasteiger partial charge on any atom is 0.221 e. The summed E-state index contributed by atoms with van der Waals surface area (Å²) in [5.41, 5.74) is 8.11. The van der Waals surface area contributed by atoms with E-state index in [1.807, 2.05) is 31.2 Å². The SMILES string of the molecule is CC(=O)Nc1ccccc1Oc1cc(C)ccc1N. The number of nitrogens with one attached hydrogen (secondary N) is 1. The van der Waals surface area contributed by atoms with Crippen molar-refractivity contribution in [2.45, 2.75) is 13.8 Å². The van der Waals surface area contributed by atoms with E-state index in [4.69, 9.17) is 10.5 Å². The first-order valence-corrected chi connectivity index (χ1v) is 5.97. The van der Waals surface area contributed by atoms with E-state index in [0.717, 1.165) is 5.56 Å². The Morgan fingerprint density at radius 2 is 1.89 bits per heavy atom. The number of ether oxygens (including phenoxy) is 1. The zero-order valence-electron chi connectivity index (χ0n) is 10.9. The summed E-state index contributed by atoms with van der Waals surface area (Å²) in [5.74, 6) is 1.00. The van der Waals surface area contributed by atoms with Gasteiger partial charge in [-0.3, -0.25) is 4.79 Å². The van der Waals surface area contributed by atoms with Crippen molar-refractivity contribution >= 4 is 17.3 Å². The lowest BCUT2D eigenvalue weighted by molar-refractivity contribution is -0.114. The van der Waals surface area contributed by atoms with Gasteiger partial charge in [0.15, 0.2) is 11.5 Å². The summed E-state index contributed by atoms with van der Waals surface area (Å²) in [7, 11) is 0. The number of carbonyl (C=O) groups excluding carboxylic acids is 1. The Bertz CT molecular complexity index is 609. The second kappa shape index (κ2) is 5.44. The van der Waals surface area contributed by atoms with E-state index in [2.05, 4.69) is 5.32 Å². The molecule has 0 spiro atoms. The number of hydrogen-bond acceptors (Lipinski definition) is 3. The molecule has 0 heterocycles. The number of nitrogens with two attached hydrogens (primary N) is 1. The Morgan fingerprint density at radius 1 is 1.16 bits per heavy atom. The number of carbonyl (C=O) groups is 1. The van der Waals surface area contributed by atoms with Crippen molar-refractivity contribution in [1.29, 1.82) is 0 Å². The van der Waals surface area contributed by atoms with Gasteiger partial charge in [0.05, 0.1) is 11.4 Å². The molecule has 1 amide bonds. The molecule has 2 aromatic rings. The highest BCUT2D eigenvalue weighted by Gasteiger charge is 2.08. The zero-order chi connectivity index (χ0) is 13.8. The van der Waals surface area contributed by atoms with Crippen molar-refractivity contribution in [2.24, 2.45) is 0 Å². The molecule has 2 aromatic carbocycles. The molecule has 19 heavy (non-hydrogen) atoms. The Labute approximate surface area is 112 Å². The van der Waals surface area contributed by atoms with Crippen molar-refractivity contribution in [1.82, 2.24) is 0 Å². The fourth-order valence-corrected chi connectivity index (χ4v) is 1.70. The molecule has 2 rings (SSSR count). The smallest absolute Gasteiger partial charge is 0.221 e. The summed E-state index contributed by atoms with van der Waals surface area (Å²) in [4.78, 5) is 11.1. The van der Waals surface area contributed by atoms with Crippen LogP contribution in [0, 0.1) is 6.92 Å². The Balaban J connectivity index is 2.32. The van der Waals surface area contributed by atoms with Crippen LogP contribution in [0.1, 0.15) is 12.5 Å². The molecule has 0 saturated carbocycles. The molecule has 0 atom stereocenters. The van der Waals surface area contributed by atoms with E-state index in [0.29, 0.717) is 22.9 Å². The maximum atomic E-state index is 11.1. The Kier molecular flexibility index (Phi) is 3.71. The van der Waals surface area contributed by atoms with Crippen LogP contribution in [0.25, 0.3) is 0 Å². The van der Waals surface area contributed by atoms with Crippen molar-refractivity contribution in [3.05, 3.63) is 48.0 Å². The van der Waals surface area contributed by atoms with Gasteiger partial charge in [-0.25, -0.2) is 0 Å². The molecule has 4 heteroatoms. The van der Waals surface area contributed by atoms with Crippen LogP contribution in [0.5, 0.6) is 11.5 Å². The summed E-state index contributed by atoms with van der Waals surface area (Å²) in [6, 6.07) is 12.8. The minimum Gasteiger partial charge on any atom is -0.453 e. The summed E-state index contributed by atoms with van der Waals surface area (Å²) < 4.78 is 5.78. The van der Waals surface area contributed by atoms with Gasteiger partial charge in [0.2, 0.25) is 5.91 Å². The Morgan fingerprint density at radius 3 is 2.63 bits per heavy atom. The average molecular weight is 256 g/mol. The molecular weight excluding hydrogens is 240 g/mol. The van der Waals surface area contributed by atoms with E-state index in [1.54, 1.807) is 18.2 Å². The average Bonchev–Trinajstić information content (AvgIpc) is 2.35. The van der Waals surface area contributed by atoms with Gasteiger partial charge in [-0.05, 0) is 36.8 Å². The first kappa shape index (κ1) is 13.0. The van der Waals surface area contributed by atoms with E-state index in [1.165, 1.54) is 6.92 Å². The molecule has 98 valence electrons. The van der Waals surface area contributed by atoms with Gasteiger partial charge in [0.1, 0.15) is 0 Å². The van der Waals surface area contributed by atoms with Crippen LogP contribution in [0.4, 0.5) is 11.4 Å². The highest BCUT2D eigenvalue weighted by molar-refractivity contribution is 5.90. The van der Waals surface area contributed by atoms with Gasteiger partial charge in [-0.1, -0.05) is 18.2 Å². The standard InChI is InChI=1S/C15H16N2O2/c1-10-7-8-12(16)15(9-10)19-14-6-4-3-5-13(14)17-11(2)18/h3-9H,16H2,1-2H3,(H,17,18). The number of benzene rings is 2. The van der Waals surface area contributed by atoms with E-state index < -0.39 is 0 Å². The third kappa shape index (κ3) is 3.25. The summed E-state index contributed by atoms with van der Waals surface area (Å²) >= 11 is 0. The highest BCUT2D eigenvalue weighted by atomic mass is 16.5. The number of anilines is 2. The number of nitrogen functional groups attached to an aromatic ring is 1.